The van der Waals surface area contributed by atoms with Crippen LogP contribution >= 0.6 is 0 Å². The zero-order valence-corrected chi connectivity index (χ0v) is 21.1. The first-order valence-electron chi connectivity index (χ1n) is 12.8. The summed E-state index contributed by atoms with van der Waals surface area (Å²) in [6, 6.07) is 18.3. The lowest BCUT2D eigenvalue weighted by Crippen LogP contribution is -2.07. The number of carbonyl (C=O) groups is 1. The number of ether oxygens (including phenoxy) is 2. The van der Waals surface area contributed by atoms with Crippen LogP contribution in [0.1, 0.15) is 40.7 Å². The molecule has 196 valence electrons. The monoisotopic (exact) mass is 525 g/mol. The van der Waals surface area contributed by atoms with Crippen LogP contribution in [0.3, 0.4) is 0 Å². The normalized spacial score (nSPS) is 17.6. The Hall–Kier alpha value is -4.66. The lowest BCUT2D eigenvalue weighted by molar-refractivity contribution is -0.137. The second kappa shape index (κ2) is 8.97. The molecule has 0 fully saturated rings. The molecular formula is C30H24FN3O5. The predicted octanol–water partition coefficient (Wildman–Crippen LogP) is 5.80. The summed E-state index contributed by atoms with van der Waals surface area (Å²) in [6.45, 7) is 2.69. The summed E-state index contributed by atoms with van der Waals surface area (Å²) in [5.74, 6) is 1.46. The van der Waals surface area contributed by atoms with Gasteiger partial charge in [-0.3, -0.25) is 9.36 Å². The van der Waals surface area contributed by atoms with Crippen LogP contribution in [0, 0.1) is 12.7 Å². The van der Waals surface area contributed by atoms with Gasteiger partial charge in [0.25, 0.3) is 0 Å². The van der Waals surface area contributed by atoms with Gasteiger partial charge in [0.1, 0.15) is 28.8 Å². The summed E-state index contributed by atoms with van der Waals surface area (Å²) in [5.41, 5.74) is 5.64. The van der Waals surface area contributed by atoms with Gasteiger partial charge in [-0.15, -0.1) is 0 Å². The molecule has 5 aromatic rings. The summed E-state index contributed by atoms with van der Waals surface area (Å²) >= 11 is 0. The number of aliphatic carboxylic acids is 1. The van der Waals surface area contributed by atoms with E-state index in [0.29, 0.717) is 41.5 Å². The highest BCUT2D eigenvalue weighted by Gasteiger charge is 2.31. The Morgan fingerprint density at radius 1 is 1.05 bits per heavy atom. The first kappa shape index (κ1) is 23.5. The molecule has 0 spiro atoms. The van der Waals surface area contributed by atoms with Crippen molar-refractivity contribution in [2.24, 2.45) is 0 Å². The van der Waals surface area contributed by atoms with Crippen molar-refractivity contribution in [3.05, 3.63) is 88.9 Å². The molecule has 2 aliphatic heterocycles. The van der Waals surface area contributed by atoms with Gasteiger partial charge in [0.2, 0.25) is 0 Å². The lowest BCUT2D eigenvalue weighted by atomic mass is 9.91. The van der Waals surface area contributed by atoms with E-state index >= 15 is 0 Å². The molecule has 0 aliphatic carbocycles. The summed E-state index contributed by atoms with van der Waals surface area (Å²) in [5, 5.41) is 13.3. The second-order valence-electron chi connectivity index (χ2n) is 10.1. The van der Waals surface area contributed by atoms with Crippen LogP contribution in [0.15, 0.2) is 65.2 Å². The number of halogens is 1. The molecule has 1 N–H and O–H groups in total. The maximum Gasteiger partial charge on any atom is 0.304 e. The third-order valence-electron chi connectivity index (χ3n) is 7.47. The molecule has 0 radical (unpaired) electrons. The molecule has 8 nitrogen and oxygen atoms in total. The number of imidazole rings is 1. The summed E-state index contributed by atoms with van der Waals surface area (Å²) in [7, 11) is 0. The molecule has 2 aliphatic rings. The molecule has 39 heavy (non-hydrogen) atoms. The number of aryl methyl sites for hydroxylation is 1. The highest BCUT2D eigenvalue weighted by molar-refractivity contribution is 5.84. The first-order chi connectivity index (χ1) is 18.9. The number of aromatic nitrogens is 3. The highest BCUT2D eigenvalue weighted by atomic mass is 19.1. The van der Waals surface area contributed by atoms with E-state index in [4.69, 9.17) is 19.0 Å². The topological polar surface area (TPSA) is 99.6 Å². The Bertz CT molecular complexity index is 1760. The lowest BCUT2D eigenvalue weighted by Gasteiger charge is -2.13. The third kappa shape index (κ3) is 4.01. The Balaban J connectivity index is 1.26. The molecule has 0 unspecified atom stereocenters. The van der Waals surface area contributed by atoms with Crippen LogP contribution in [0.2, 0.25) is 0 Å². The zero-order chi connectivity index (χ0) is 26.7. The Kier molecular flexibility index (Phi) is 5.40. The maximum atomic E-state index is 14.4. The molecule has 0 bridgehead atoms. The van der Waals surface area contributed by atoms with Crippen molar-refractivity contribution in [2.45, 2.75) is 31.6 Å². The maximum absolute atomic E-state index is 14.4. The Labute approximate surface area is 222 Å². The molecule has 3 aromatic carbocycles. The molecule has 2 atom stereocenters. The number of fused-ring (bicyclic) bond motifs is 3. The van der Waals surface area contributed by atoms with Gasteiger partial charge >= 0.3 is 5.97 Å². The van der Waals surface area contributed by atoms with E-state index in [0.717, 1.165) is 40.3 Å². The summed E-state index contributed by atoms with van der Waals surface area (Å²) < 4.78 is 33.7. The fourth-order valence-corrected chi connectivity index (χ4v) is 5.69. The summed E-state index contributed by atoms with van der Waals surface area (Å²) in [4.78, 5) is 15.9. The quantitative estimate of drug-likeness (QED) is 0.299. The molecule has 0 amide bonds. The van der Waals surface area contributed by atoms with Crippen LogP contribution in [-0.4, -0.2) is 39.0 Å². The standard InChI is InChI=1S/C30H24FN3O5/c1-16-9-24(33-39-16)30-32-23-8-6-20(31)13-26(23)34(30)25-4-2-3-22-18(15-38-29(22)25)10-17-5-7-21-19(12-28(35)36)14-37-27(21)11-17/h2-9,11,13,18-19H,10,12,14-15H2,1H3,(H,35,36)/t18-,19-/m1/s1. The Morgan fingerprint density at radius 3 is 2.74 bits per heavy atom. The molecule has 2 aromatic heterocycles. The predicted molar refractivity (Wildman–Crippen MR) is 140 cm³/mol. The van der Waals surface area contributed by atoms with E-state index in [9.17, 15) is 14.3 Å². The number of carboxylic acid groups (broad SMARTS) is 1. The van der Waals surface area contributed by atoms with Gasteiger partial charge in [-0.05, 0) is 43.2 Å². The average molecular weight is 526 g/mol. The first-order valence-corrected chi connectivity index (χ1v) is 12.8. The number of benzene rings is 3. The van der Waals surface area contributed by atoms with Crippen molar-refractivity contribution in [3.8, 4) is 28.7 Å². The SMILES string of the molecule is Cc1cc(-c2nc3ccc(F)cc3n2-c2cccc3c2OC[C@H]3Cc2ccc3c(c2)OC[C@H]3CC(=O)O)no1. The average Bonchev–Trinajstić information content (AvgIpc) is 3.69. The largest absolute Gasteiger partial charge is 0.493 e. The molecule has 0 saturated heterocycles. The van der Waals surface area contributed by atoms with Gasteiger partial charge in [-0.2, -0.15) is 0 Å². The summed E-state index contributed by atoms with van der Waals surface area (Å²) in [6.07, 6.45) is 0.785. The van der Waals surface area contributed by atoms with Crippen molar-refractivity contribution >= 4 is 17.0 Å². The number of hydrogen-bond donors (Lipinski definition) is 1. The number of hydrogen-bond acceptors (Lipinski definition) is 6. The van der Waals surface area contributed by atoms with Crippen molar-refractivity contribution in [1.29, 1.82) is 0 Å². The number of nitrogens with zero attached hydrogens (tertiary/aromatic N) is 3. The van der Waals surface area contributed by atoms with E-state index in [2.05, 4.69) is 11.2 Å². The second-order valence-corrected chi connectivity index (χ2v) is 10.1. The zero-order valence-electron chi connectivity index (χ0n) is 21.1. The van der Waals surface area contributed by atoms with Crippen molar-refractivity contribution < 1.29 is 28.3 Å². The van der Waals surface area contributed by atoms with Gasteiger partial charge in [0.15, 0.2) is 5.82 Å². The van der Waals surface area contributed by atoms with E-state index in [-0.39, 0.29) is 24.1 Å². The van der Waals surface area contributed by atoms with Crippen molar-refractivity contribution in [2.75, 3.05) is 13.2 Å². The molecule has 7 rings (SSSR count). The van der Waals surface area contributed by atoms with E-state index < -0.39 is 5.97 Å². The third-order valence-corrected chi connectivity index (χ3v) is 7.47. The molecular weight excluding hydrogens is 501 g/mol. The Morgan fingerprint density at radius 2 is 1.92 bits per heavy atom. The van der Waals surface area contributed by atoms with Crippen molar-refractivity contribution in [1.82, 2.24) is 14.7 Å². The van der Waals surface area contributed by atoms with Crippen LogP contribution in [-0.2, 0) is 11.2 Å². The number of rotatable bonds is 6. The fraction of sp³-hybridized carbons (Fsp3) is 0.233. The van der Waals surface area contributed by atoms with Crippen LogP contribution < -0.4 is 9.47 Å². The van der Waals surface area contributed by atoms with E-state index in [1.165, 1.54) is 12.1 Å². The van der Waals surface area contributed by atoms with Gasteiger partial charge in [-0.25, -0.2) is 9.37 Å². The fourth-order valence-electron chi connectivity index (χ4n) is 5.69. The number of carboxylic acids is 1. The van der Waals surface area contributed by atoms with Gasteiger partial charge in [-0.1, -0.05) is 29.4 Å². The van der Waals surface area contributed by atoms with Gasteiger partial charge < -0.3 is 19.1 Å². The van der Waals surface area contributed by atoms with Crippen LogP contribution in [0.25, 0.3) is 28.2 Å². The molecule has 9 heteroatoms. The number of para-hydroxylation sites is 1. The van der Waals surface area contributed by atoms with E-state index in [1.807, 2.05) is 41.8 Å². The smallest absolute Gasteiger partial charge is 0.304 e. The van der Waals surface area contributed by atoms with Crippen molar-refractivity contribution in [3.63, 3.8) is 0 Å². The molecule has 0 saturated carbocycles. The van der Waals surface area contributed by atoms with E-state index in [1.54, 1.807) is 12.1 Å². The highest BCUT2D eigenvalue weighted by Crippen LogP contribution is 2.44. The van der Waals surface area contributed by atoms with Crippen LogP contribution in [0.4, 0.5) is 4.39 Å². The minimum Gasteiger partial charge on any atom is -0.493 e. The van der Waals surface area contributed by atoms with Gasteiger partial charge in [0, 0.05) is 35.1 Å². The van der Waals surface area contributed by atoms with Crippen LogP contribution in [0.5, 0.6) is 11.5 Å². The minimum atomic E-state index is -0.828. The van der Waals surface area contributed by atoms with Gasteiger partial charge in [0.05, 0.1) is 36.4 Å². The molecule has 4 heterocycles. The minimum absolute atomic E-state index is 0.0572.